The molecule has 3 nitrogen and oxygen atoms in total. The fourth-order valence-electron chi connectivity index (χ4n) is 1.49. The third kappa shape index (κ3) is 0.777. The van der Waals surface area contributed by atoms with Crippen LogP contribution in [0.25, 0.3) is 0 Å². The third-order valence-corrected chi connectivity index (χ3v) is 2.02. The molecule has 0 aromatic heterocycles. The third-order valence-electron chi connectivity index (χ3n) is 2.02. The van der Waals surface area contributed by atoms with Crippen LogP contribution in [0.5, 0.6) is 0 Å². The number of ether oxygens (including phenoxy) is 1. The van der Waals surface area contributed by atoms with Gasteiger partial charge in [0.1, 0.15) is 6.23 Å². The van der Waals surface area contributed by atoms with Crippen LogP contribution in [0.15, 0.2) is 0 Å². The van der Waals surface area contributed by atoms with Crippen LogP contribution < -0.4 is 0 Å². The van der Waals surface area contributed by atoms with E-state index in [2.05, 4.69) is 11.8 Å². The maximum atomic E-state index is 10.9. The van der Waals surface area contributed by atoms with Crippen molar-refractivity contribution in [3.05, 3.63) is 0 Å². The predicted molar refractivity (Wildman–Crippen MR) is 35.5 cm³/mol. The van der Waals surface area contributed by atoms with Crippen molar-refractivity contribution in [2.75, 3.05) is 13.1 Å². The van der Waals surface area contributed by atoms with Gasteiger partial charge in [-0.15, -0.1) is 0 Å². The Labute approximate surface area is 60.0 Å². The summed E-state index contributed by atoms with van der Waals surface area (Å²) in [6.07, 6.45) is 1.21. The molecule has 2 saturated heterocycles. The highest BCUT2D eigenvalue weighted by Gasteiger charge is 2.54. The van der Waals surface area contributed by atoms with Gasteiger partial charge in [-0.05, 0) is 6.42 Å². The lowest BCUT2D eigenvalue weighted by Gasteiger charge is -2.12. The van der Waals surface area contributed by atoms with E-state index >= 15 is 0 Å². The van der Waals surface area contributed by atoms with Crippen LogP contribution in [0.2, 0.25) is 0 Å². The molecule has 0 aromatic carbocycles. The first kappa shape index (κ1) is 6.31. The van der Waals surface area contributed by atoms with E-state index in [9.17, 15) is 4.79 Å². The zero-order chi connectivity index (χ0) is 7.14. The van der Waals surface area contributed by atoms with Crippen molar-refractivity contribution in [3.8, 4) is 0 Å². The quantitative estimate of drug-likeness (QED) is 0.508. The maximum Gasteiger partial charge on any atom is 0.179 e. The number of Topliss-reactive ketones (excluding diaryl/α,β-unsaturated/α-hetero) is 1. The molecule has 0 aliphatic carbocycles. The van der Waals surface area contributed by atoms with Gasteiger partial charge in [0.15, 0.2) is 11.9 Å². The van der Waals surface area contributed by atoms with E-state index in [1.165, 1.54) is 0 Å². The van der Waals surface area contributed by atoms with E-state index < -0.39 is 0 Å². The van der Waals surface area contributed by atoms with Gasteiger partial charge in [0.25, 0.3) is 0 Å². The fraction of sp³-hybridized carbons (Fsp3) is 0.857. The monoisotopic (exact) mass is 141 g/mol. The van der Waals surface area contributed by atoms with E-state index in [1.807, 2.05) is 0 Å². The molecular weight excluding hydrogens is 130 g/mol. The van der Waals surface area contributed by atoms with Crippen molar-refractivity contribution in [3.63, 3.8) is 0 Å². The molecule has 2 rings (SSSR count). The number of fused-ring (bicyclic) bond motifs is 1. The minimum Gasteiger partial charge on any atom is -0.345 e. The summed E-state index contributed by atoms with van der Waals surface area (Å²) in [5.41, 5.74) is 0. The molecule has 2 aliphatic rings. The lowest BCUT2D eigenvalue weighted by molar-refractivity contribution is -0.120. The van der Waals surface area contributed by atoms with Crippen molar-refractivity contribution < 1.29 is 9.53 Å². The van der Waals surface area contributed by atoms with Crippen LogP contribution in [-0.4, -0.2) is 36.1 Å². The van der Waals surface area contributed by atoms with Gasteiger partial charge in [-0.1, -0.05) is 6.92 Å². The first-order chi connectivity index (χ1) is 4.83. The topological polar surface area (TPSA) is 32.8 Å². The lowest BCUT2D eigenvalue weighted by atomic mass is 10.3. The van der Waals surface area contributed by atoms with Gasteiger partial charge < -0.3 is 4.74 Å². The number of rotatable bonds is 2. The molecule has 2 unspecified atom stereocenters. The molecular formula is C7H11NO2. The van der Waals surface area contributed by atoms with Crippen molar-refractivity contribution >= 4 is 5.78 Å². The number of carbonyl (C=O) groups is 1. The van der Waals surface area contributed by atoms with Crippen molar-refractivity contribution in [1.82, 2.24) is 4.90 Å². The van der Waals surface area contributed by atoms with Crippen molar-refractivity contribution in [1.29, 1.82) is 0 Å². The fourth-order valence-corrected chi connectivity index (χ4v) is 1.49. The Morgan fingerprint density at radius 3 is 3.00 bits per heavy atom. The minimum absolute atomic E-state index is 0.0495. The van der Waals surface area contributed by atoms with Gasteiger partial charge in [-0.2, -0.15) is 0 Å². The molecule has 0 N–H and O–H groups in total. The first-order valence-electron chi connectivity index (χ1n) is 3.75. The molecule has 2 heterocycles. The van der Waals surface area contributed by atoms with Crippen LogP contribution in [0.4, 0.5) is 0 Å². The number of hydrogen-bond donors (Lipinski definition) is 0. The van der Waals surface area contributed by atoms with Gasteiger partial charge in [0, 0.05) is 6.54 Å². The Hall–Kier alpha value is -0.410. The first-order valence-corrected chi connectivity index (χ1v) is 3.75. The van der Waals surface area contributed by atoms with Crippen LogP contribution >= 0.6 is 0 Å². The molecule has 0 radical (unpaired) electrons. The minimum atomic E-state index is -0.0495. The smallest absolute Gasteiger partial charge is 0.179 e. The summed E-state index contributed by atoms with van der Waals surface area (Å²) >= 11 is 0. The summed E-state index contributed by atoms with van der Waals surface area (Å²) in [6.45, 7) is 3.72. The van der Waals surface area contributed by atoms with E-state index in [0.717, 1.165) is 13.0 Å². The Balaban J connectivity index is 1.95. The van der Waals surface area contributed by atoms with Crippen LogP contribution in [0.1, 0.15) is 13.3 Å². The molecule has 0 amide bonds. The standard InChI is InChI=1S/C7H11NO2/c1-2-3-8-4-5(9)6-7(8)10-6/h6-7H,2-4H2,1H3. The molecule has 2 atom stereocenters. The molecule has 0 aromatic rings. The summed E-state index contributed by atoms with van der Waals surface area (Å²) in [7, 11) is 0. The summed E-state index contributed by atoms with van der Waals surface area (Å²) < 4.78 is 5.11. The van der Waals surface area contributed by atoms with Gasteiger partial charge in [0.05, 0.1) is 6.54 Å². The number of hydrogen-bond acceptors (Lipinski definition) is 3. The molecule has 2 aliphatic heterocycles. The summed E-state index contributed by atoms with van der Waals surface area (Å²) in [5, 5.41) is 0. The number of nitrogens with zero attached hydrogens (tertiary/aromatic N) is 1. The molecule has 2 fully saturated rings. The van der Waals surface area contributed by atoms with E-state index in [4.69, 9.17) is 4.74 Å². The second-order valence-electron chi connectivity index (χ2n) is 2.88. The second kappa shape index (κ2) is 2.04. The zero-order valence-electron chi connectivity index (χ0n) is 6.04. The summed E-state index contributed by atoms with van der Waals surface area (Å²) in [4.78, 5) is 13.0. The molecule has 0 saturated carbocycles. The average molecular weight is 141 g/mol. The number of likely N-dealkylation sites (tertiary alicyclic amines) is 1. The highest BCUT2D eigenvalue weighted by atomic mass is 16.6. The molecule has 3 heteroatoms. The van der Waals surface area contributed by atoms with Crippen molar-refractivity contribution in [2.24, 2.45) is 0 Å². The molecule has 0 spiro atoms. The zero-order valence-corrected chi connectivity index (χ0v) is 6.04. The van der Waals surface area contributed by atoms with Gasteiger partial charge >= 0.3 is 0 Å². The maximum absolute atomic E-state index is 10.9. The number of carbonyl (C=O) groups excluding carboxylic acids is 1. The van der Waals surface area contributed by atoms with Crippen LogP contribution in [0.3, 0.4) is 0 Å². The van der Waals surface area contributed by atoms with Gasteiger partial charge in [-0.3, -0.25) is 9.69 Å². The molecule has 56 valence electrons. The predicted octanol–water partition coefficient (Wildman–Crippen LogP) is 0.00600. The Bertz CT molecular complexity index is 169. The van der Waals surface area contributed by atoms with E-state index in [0.29, 0.717) is 6.54 Å². The molecule has 0 bridgehead atoms. The Kier molecular flexibility index (Phi) is 1.28. The normalized spacial score (nSPS) is 38.3. The number of epoxide rings is 1. The summed E-state index contributed by atoms with van der Waals surface area (Å²) in [6, 6.07) is 0. The second-order valence-corrected chi connectivity index (χ2v) is 2.88. The highest BCUT2D eigenvalue weighted by Crippen LogP contribution is 2.32. The average Bonchev–Trinajstić information content (AvgIpc) is 2.59. The highest BCUT2D eigenvalue weighted by molar-refractivity contribution is 5.90. The Morgan fingerprint density at radius 2 is 2.60 bits per heavy atom. The van der Waals surface area contributed by atoms with E-state index in [-0.39, 0.29) is 18.1 Å². The Morgan fingerprint density at radius 1 is 1.80 bits per heavy atom. The SMILES string of the molecule is CCCN1CC(=O)C2OC21. The van der Waals surface area contributed by atoms with Crippen LogP contribution in [0, 0.1) is 0 Å². The number of ketones is 1. The largest absolute Gasteiger partial charge is 0.345 e. The summed E-state index contributed by atoms with van der Waals surface area (Å²) in [5.74, 6) is 0.262. The van der Waals surface area contributed by atoms with Crippen molar-refractivity contribution in [2.45, 2.75) is 25.7 Å². The lowest BCUT2D eigenvalue weighted by Crippen LogP contribution is -2.26. The van der Waals surface area contributed by atoms with Gasteiger partial charge in [-0.25, -0.2) is 0 Å². The van der Waals surface area contributed by atoms with Gasteiger partial charge in [0.2, 0.25) is 0 Å². The van der Waals surface area contributed by atoms with E-state index in [1.54, 1.807) is 0 Å². The van der Waals surface area contributed by atoms with Crippen LogP contribution in [-0.2, 0) is 9.53 Å². The molecule has 10 heavy (non-hydrogen) atoms.